The number of amides is 1. The third kappa shape index (κ3) is 3.90. The van der Waals surface area contributed by atoms with Gasteiger partial charge in [0.15, 0.2) is 11.5 Å². The maximum Gasteiger partial charge on any atom is 0.223 e. The van der Waals surface area contributed by atoms with E-state index in [0.29, 0.717) is 19.6 Å². The Morgan fingerprint density at radius 2 is 2.04 bits per heavy atom. The highest BCUT2D eigenvalue weighted by Gasteiger charge is 2.39. The number of hydrogen-bond acceptors (Lipinski definition) is 5. The van der Waals surface area contributed by atoms with Crippen molar-refractivity contribution < 1.29 is 19.0 Å². The first kappa shape index (κ1) is 17.0. The Labute approximate surface area is 153 Å². The van der Waals surface area contributed by atoms with Crippen LogP contribution in [0.5, 0.6) is 11.5 Å². The van der Waals surface area contributed by atoms with Gasteiger partial charge in [-0.3, -0.25) is 4.79 Å². The molecule has 5 nitrogen and oxygen atoms in total. The minimum atomic E-state index is 0.233. The van der Waals surface area contributed by atoms with Crippen molar-refractivity contribution >= 4 is 17.7 Å². The summed E-state index contributed by atoms with van der Waals surface area (Å²) in [6.07, 6.45) is 3.98. The van der Waals surface area contributed by atoms with Crippen LogP contribution in [0.4, 0.5) is 0 Å². The molecule has 1 aromatic carbocycles. The van der Waals surface area contributed by atoms with E-state index in [2.05, 4.69) is 4.90 Å². The predicted molar refractivity (Wildman–Crippen MR) is 96.5 cm³/mol. The van der Waals surface area contributed by atoms with Gasteiger partial charge in [-0.05, 0) is 37.5 Å². The highest BCUT2D eigenvalue weighted by atomic mass is 32.2. The summed E-state index contributed by atoms with van der Waals surface area (Å²) in [4.78, 5) is 15.8. The molecule has 25 heavy (non-hydrogen) atoms. The van der Waals surface area contributed by atoms with Crippen molar-refractivity contribution in [2.24, 2.45) is 5.41 Å². The molecule has 6 heteroatoms. The third-order valence-electron chi connectivity index (χ3n) is 5.30. The van der Waals surface area contributed by atoms with Gasteiger partial charge >= 0.3 is 0 Å². The molecule has 0 aromatic heterocycles. The Kier molecular flexibility index (Phi) is 5.08. The summed E-state index contributed by atoms with van der Waals surface area (Å²) in [5.74, 6) is 2.68. The van der Waals surface area contributed by atoms with Gasteiger partial charge in [0.05, 0.1) is 6.61 Å². The summed E-state index contributed by atoms with van der Waals surface area (Å²) in [6, 6.07) is 6.00. The van der Waals surface area contributed by atoms with Crippen LogP contribution in [0.1, 0.15) is 25.7 Å². The van der Waals surface area contributed by atoms with Gasteiger partial charge < -0.3 is 19.1 Å². The molecule has 0 radical (unpaired) electrons. The molecule has 4 rings (SSSR count). The summed E-state index contributed by atoms with van der Waals surface area (Å²) in [7, 11) is 0. The minimum absolute atomic E-state index is 0.233. The zero-order valence-corrected chi connectivity index (χ0v) is 15.3. The number of carbonyl (C=O) groups is 1. The van der Waals surface area contributed by atoms with Crippen molar-refractivity contribution in [2.45, 2.75) is 30.6 Å². The number of carbonyl (C=O) groups excluding carboxylic acids is 1. The van der Waals surface area contributed by atoms with Gasteiger partial charge in [-0.1, -0.05) is 0 Å². The molecule has 0 aliphatic carbocycles. The first-order chi connectivity index (χ1) is 12.2. The minimum Gasteiger partial charge on any atom is -0.486 e. The Hall–Kier alpha value is -1.40. The Bertz CT molecular complexity index is 630. The number of likely N-dealkylation sites (tertiary alicyclic amines) is 1. The van der Waals surface area contributed by atoms with Gasteiger partial charge in [-0.15, -0.1) is 11.8 Å². The topological polar surface area (TPSA) is 48.0 Å². The molecule has 2 fully saturated rings. The van der Waals surface area contributed by atoms with Crippen LogP contribution in [0.15, 0.2) is 23.1 Å². The first-order valence-electron chi connectivity index (χ1n) is 9.12. The van der Waals surface area contributed by atoms with E-state index >= 15 is 0 Å². The van der Waals surface area contributed by atoms with Crippen LogP contribution in [0, 0.1) is 5.41 Å². The van der Waals surface area contributed by atoms with Crippen molar-refractivity contribution in [3.63, 3.8) is 0 Å². The number of piperidine rings is 1. The van der Waals surface area contributed by atoms with Gasteiger partial charge in [0.25, 0.3) is 0 Å². The van der Waals surface area contributed by atoms with E-state index < -0.39 is 0 Å². The number of thioether (sulfide) groups is 1. The molecule has 0 saturated carbocycles. The molecule has 1 aromatic rings. The number of nitrogens with zero attached hydrogens (tertiary/aromatic N) is 1. The zero-order valence-electron chi connectivity index (χ0n) is 14.5. The lowest BCUT2D eigenvalue weighted by Crippen LogP contribution is -2.46. The van der Waals surface area contributed by atoms with Gasteiger partial charge in [0.1, 0.15) is 13.2 Å². The van der Waals surface area contributed by atoms with E-state index in [0.717, 1.165) is 61.3 Å². The fraction of sp³-hybridized carbons (Fsp3) is 0.632. The highest BCUT2D eigenvalue weighted by Crippen LogP contribution is 2.38. The fourth-order valence-corrected chi connectivity index (χ4v) is 4.79. The maximum atomic E-state index is 12.6. The Morgan fingerprint density at radius 1 is 1.16 bits per heavy atom. The molecule has 3 aliphatic rings. The summed E-state index contributed by atoms with van der Waals surface area (Å²) in [5, 5.41) is 0. The molecule has 1 amide bonds. The molecule has 3 aliphatic heterocycles. The summed E-state index contributed by atoms with van der Waals surface area (Å²) < 4.78 is 16.7. The average molecular weight is 363 g/mol. The molecule has 3 heterocycles. The smallest absolute Gasteiger partial charge is 0.223 e. The number of ether oxygens (including phenoxy) is 3. The largest absolute Gasteiger partial charge is 0.486 e. The second-order valence-electron chi connectivity index (χ2n) is 7.13. The van der Waals surface area contributed by atoms with E-state index in [-0.39, 0.29) is 11.3 Å². The molecule has 2 saturated heterocycles. The summed E-state index contributed by atoms with van der Waals surface area (Å²) in [6.45, 7) is 4.65. The molecule has 0 N–H and O–H groups in total. The van der Waals surface area contributed by atoms with Crippen molar-refractivity contribution in [3.05, 3.63) is 18.2 Å². The number of hydrogen-bond donors (Lipinski definition) is 0. The quantitative estimate of drug-likeness (QED) is 0.770. The molecule has 136 valence electrons. The molecular weight excluding hydrogens is 338 g/mol. The van der Waals surface area contributed by atoms with Gasteiger partial charge in [0, 0.05) is 42.2 Å². The third-order valence-corrected chi connectivity index (χ3v) is 6.29. The average Bonchev–Trinajstić information content (AvgIpc) is 3.09. The van der Waals surface area contributed by atoms with Crippen LogP contribution >= 0.6 is 11.8 Å². The second-order valence-corrected chi connectivity index (χ2v) is 8.29. The summed E-state index contributed by atoms with van der Waals surface area (Å²) >= 11 is 1.70. The van der Waals surface area contributed by atoms with Crippen molar-refractivity contribution in [1.29, 1.82) is 0 Å². The SMILES string of the molecule is O=C(CCSc1ccc2c(c1)OCCO2)N1CCC[C@]2(CCOC2)C1. The fourth-order valence-electron chi connectivity index (χ4n) is 3.92. The monoisotopic (exact) mass is 363 g/mol. The lowest BCUT2D eigenvalue weighted by Gasteiger charge is -2.39. The zero-order chi connectivity index (χ0) is 17.1. The van der Waals surface area contributed by atoms with Gasteiger partial charge in [-0.25, -0.2) is 0 Å². The van der Waals surface area contributed by atoms with Crippen LogP contribution in [0.25, 0.3) is 0 Å². The second kappa shape index (κ2) is 7.46. The van der Waals surface area contributed by atoms with Crippen LogP contribution in [0.3, 0.4) is 0 Å². The van der Waals surface area contributed by atoms with Crippen LogP contribution in [-0.2, 0) is 9.53 Å². The van der Waals surface area contributed by atoms with Crippen molar-refractivity contribution in [3.8, 4) is 11.5 Å². The highest BCUT2D eigenvalue weighted by molar-refractivity contribution is 7.99. The Balaban J connectivity index is 1.27. The number of rotatable bonds is 4. The summed E-state index contributed by atoms with van der Waals surface area (Å²) in [5.41, 5.74) is 0.233. The van der Waals surface area contributed by atoms with E-state index in [9.17, 15) is 4.79 Å². The van der Waals surface area contributed by atoms with Crippen LogP contribution in [-0.4, -0.2) is 56.1 Å². The van der Waals surface area contributed by atoms with E-state index in [1.54, 1.807) is 11.8 Å². The molecular formula is C19H25NO4S. The van der Waals surface area contributed by atoms with Gasteiger partial charge in [-0.2, -0.15) is 0 Å². The van der Waals surface area contributed by atoms with Crippen molar-refractivity contribution in [2.75, 3.05) is 45.3 Å². The molecule has 0 unspecified atom stereocenters. The van der Waals surface area contributed by atoms with Crippen molar-refractivity contribution in [1.82, 2.24) is 4.90 Å². The van der Waals surface area contributed by atoms with Crippen LogP contribution in [0.2, 0.25) is 0 Å². The molecule has 1 atom stereocenters. The van der Waals surface area contributed by atoms with Crippen LogP contribution < -0.4 is 9.47 Å². The van der Waals surface area contributed by atoms with E-state index in [1.165, 1.54) is 6.42 Å². The first-order valence-corrected chi connectivity index (χ1v) is 10.1. The number of benzene rings is 1. The lowest BCUT2D eigenvalue weighted by molar-refractivity contribution is -0.134. The van der Waals surface area contributed by atoms with E-state index in [1.807, 2.05) is 18.2 Å². The maximum absolute atomic E-state index is 12.6. The number of fused-ring (bicyclic) bond motifs is 1. The standard InChI is InChI=1S/C19H25NO4S/c21-18(20-7-1-5-19(13-20)6-8-22-14-19)4-11-25-15-2-3-16-17(12-15)24-10-9-23-16/h2-3,12H,1,4-11,13-14H2/t19-/m0/s1. The predicted octanol–water partition coefficient (Wildman–Crippen LogP) is 2.97. The lowest BCUT2D eigenvalue weighted by atomic mass is 9.79. The molecule has 0 bridgehead atoms. The normalized spacial score (nSPS) is 25.4. The van der Waals surface area contributed by atoms with E-state index in [4.69, 9.17) is 14.2 Å². The Morgan fingerprint density at radius 3 is 2.88 bits per heavy atom. The van der Waals surface area contributed by atoms with Gasteiger partial charge in [0.2, 0.25) is 5.91 Å². The molecule has 1 spiro atoms.